The van der Waals surface area contributed by atoms with Gasteiger partial charge in [0.2, 0.25) is 0 Å². The molecular formula is C7H6NO. The summed E-state index contributed by atoms with van der Waals surface area (Å²) in [5.74, 6) is 0. The molecule has 2 nitrogen and oxygen atoms in total. The van der Waals surface area contributed by atoms with E-state index in [0.717, 1.165) is 11.8 Å². The third-order valence-corrected chi connectivity index (χ3v) is 0.967. The van der Waals surface area contributed by atoms with Gasteiger partial charge in [0.25, 0.3) is 0 Å². The fourth-order valence-electron chi connectivity index (χ4n) is 0.553. The Morgan fingerprint density at radius 3 is 2.56 bits per heavy atom. The molecule has 0 aliphatic heterocycles. The van der Waals surface area contributed by atoms with Gasteiger partial charge in [-0.25, -0.2) is 0 Å². The molecule has 0 aliphatic carbocycles. The van der Waals surface area contributed by atoms with Crippen LogP contribution in [0.2, 0.25) is 0 Å². The predicted molar refractivity (Wildman–Crippen MR) is 33.7 cm³/mol. The minimum absolute atomic E-state index is 0.759. The fraction of sp³-hybridized carbons (Fsp3) is 0. The van der Waals surface area contributed by atoms with Crippen LogP contribution in [0.3, 0.4) is 0 Å². The number of aldehydes is 1. The summed E-state index contributed by atoms with van der Waals surface area (Å²) in [7, 11) is 0. The van der Waals surface area contributed by atoms with Gasteiger partial charge in [-0.15, -0.1) is 0 Å². The smallest absolute Gasteiger partial charge is 0.128 e. The van der Waals surface area contributed by atoms with E-state index in [1.54, 1.807) is 24.5 Å². The van der Waals surface area contributed by atoms with E-state index in [1.165, 1.54) is 6.42 Å². The molecule has 1 heterocycles. The molecule has 0 aliphatic rings. The Morgan fingerprint density at radius 1 is 1.33 bits per heavy atom. The minimum Gasteiger partial charge on any atom is -0.303 e. The number of hydrogen-bond donors (Lipinski definition) is 0. The molecule has 9 heavy (non-hydrogen) atoms. The Morgan fingerprint density at radius 2 is 2.00 bits per heavy atom. The third-order valence-electron chi connectivity index (χ3n) is 0.967. The largest absolute Gasteiger partial charge is 0.303 e. The third kappa shape index (κ3) is 1.64. The second kappa shape index (κ2) is 2.97. The van der Waals surface area contributed by atoms with Gasteiger partial charge in [0.1, 0.15) is 6.29 Å². The number of aromatic nitrogens is 1. The van der Waals surface area contributed by atoms with Crippen LogP contribution in [-0.2, 0) is 4.79 Å². The lowest BCUT2D eigenvalue weighted by Crippen LogP contribution is -1.80. The molecule has 1 rings (SSSR count). The predicted octanol–water partition coefficient (Wildman–Crippen LogP) is 0.833. The van der Waals surface area contributed by atoms with Gasteiger partial charge in [-0.1, -0.05) is 0 Å². The highest BCUT2D eigenvalue weighted by atomic mass is 16.1. The summed E-state index contributed by atoms with van der Waals surface area (Å²) in [4.78, 5) is 13.7. The van der Waals surface area contributed by atoms with Gasteiger partial charge in [0, 0.05) is 12.4 Å². The van der Waals surface area contributed by atoms with Crippen molar-refractivity contribution in [3.8, 4) is 0 Å². The molecule has 0 saturated carbocycles. The minimum atomic E-state index is 0.759. The molecule has 45 valence electrons. The second-order valence-electron chi connectivity index (χ2n) is 1.58. The Labute approximate surface area is 53.5 Å². The van der Waals surface area contributed by atoms with Crippen molar-refractivity contribution in [1.82, 2.24) is 4.98 Å². The zero-order valence-electron chi connectivity index (χ0n) is 4.82. The quantitative estimate of drug-likeness (QED) is 0.541. The van der Waals surface area contributed by atoms with Crippen LogP contribution in [0, 0.1) is 6.42 Å². The van der Waals surface area contributed by atoms with Crippen LogP contribution < -0.4 is 0 Å². The van der Waals surface area contributed by atoms with Crippen molar-refractivity contribution >= 4 is 6.29 Å². The maximum absolute atomic E-state index is 9.90. The summed E-state index contributed by atoms with van der Waals surface area (Å²) in [6, 6.07) is 3.54. The van der Waals surface area contributed by atoms with Gasteiger partial charge in [0.15, 0.2) is 0 Å². The number of pyridine rings is 1. The second-order valence-corrected chi connectivity index (χ2v) is 1.58. The number of hydrogen-bond acceptors (Lipinski definition) is 2. The summed E-state index contributed by atoms with van der Waals surface area (Å²) in [5.41, 5.74) is 0.889. The summed E-state index contributed by atoms with van der Waals surface area (Å²) < 4.78 is 0. The first kappa shape index (κ1) is 5.95. The van der Waals surface area contributed by atoms with Crippen molar-refractivity contribution in [3.05, 3.63) is 36.5 Å². The fourth-order valence-corrected chi connectivity index (χ4v) is 0.553. The number of nitrogens with zero attached hydrogens (tertiary/aromatic N) is 1. The molecule has 0 fully saturated rings. The highest BCUT2D eigenvalue weighted by molar-refractivity contribution is 5.67. The molecular weight excluding hydrogens is 114 g/mol. The highest BCUT2D eigenvalue weighted by Gasteiger charge is 1.86. The van der Waals surface area contributed by atoms with Gasteiger partial charge in [-0.3, -0.25) is 4.98 Å². The maximum Gasteiger partial charge on any atom is 0.128 e. The summed E-state index contributed by atoms with van der Waals surface area (Å²) in [6.07, 6.45) is 5.54. The van der Waals surface area contributed by atoms with Crippen LogP contribution in [0.1, 0.15) is 5.56 Å². The SMILES string of the molecule is O=C[CH]c1ccncc1. The lowest BCUT2D eigenvalue weighted by Gasteiger charge is -1.88. The molecule has 0 bridgehead atoms. The van der Waals surface area contributed by atoms with Crippen molar-refractivity contribution in [3.63, 3.8) is 0 Å². The molecule has 1 aromatic rings. The average molecular weight is 120 g/mol. The topological polar surface area (TPSA) is 30.0 Å². The molecule has 1 radical (unpaired) electrons. The van der Waals surface area contributed by atoms with Crippen molar-refractivity contribution in [2.24, 2.45) is 0 Å². The summed E-state index contributed by atoms with van der Waals surface area (Å²) in [5, 5.41) is 0. The Bertz CT molecular complexity index is 183. The first-order valence-corrected chi connectivity index (χ1v) is 2.62. The van der Waals surface area contributed by atoms with Gasteiger partial charge in [0.05, 0.1) is 6.42 Å². The molecule has 0 unspecified atom stereocenters. The van der Waals surface area contributed by atoms with Crippen LogP contribution in [-0.4, -0.2) is 11.3 Å². The number of carbonyl (C=O) groups excluding carboxylic acids is 1. The van der Waals surface area contributed by atoms with E-state index in [0.29, 0.717) is 0 Å². The molecule has 1 aromatic heterocycles. The standard InChI is InChI=1S/C7H6NO/c9-6-3-7-1-4-8-5-2-7/h1-6H. The van der Waals surface area contributed by atoms with E-state index in [1.807, 2.05) is 0 Å². The molecule has 0 aromatic carbocycles. The van der Waals surface area contributed by atoms with Crippen molar-refractivity contribution in [1.29, 1.82) is 0 Å². The average Bonchev–Trinajstić information content (AvgIpc) is 1.91. The lowest BCUT2D eigenvalue weighted by atomic mass is 10.2. The van der Waals surface area contributed by atoms with E-state index in [9.17, 15) is 4.79 Å². The van der Waals surface area contributed by atoms with Crippen molar-refractivity contribution in [2.75, 3.05) is 0 Å². The van der Waals surface area contributed by atoms with Gasteiger partial charge < -0.3 is 4.79 Å². The summed E-state index contributed by atoms with van der Waals surface area (Å²) in [6.45, 7) is 0. The molecule has 2 heteroatoms. The van der Waals surface area contributed by atoms with Crippen LogP contribution in [0.25, 0.3) is 0 Å². The first-order valence-electron chi connectivity index (χ1n) is 2.62. The van der Waals surface area contributed by atoms with Gasteiger partial charge in [-0.2, -0.15) is 0 Å². The Hall–Kier alpha value is -1.18. The van der Waals surface area contributed by atoms with Crippen LogP contribution >= 0.6 is 0 Å². The van der Waals surface area contributed by atoms with E-state index in [-0.39, 0.29) is 0 Å². The summed E-state index contributed by atoms with van der Waals surface area (Å²) >= 11 is 0. The normalized spacial score (nSPS) is 8.89. The van der Waals surface area contributed by atoms with Gasteiger partial charge in [-0.05, 0) is 17.7 Å². The van der Waals surface area contributed by atoms with Crippen molar-refractivity contribution < 1.29 is 4.79 Å². The van der Waals surface area contributed by atoms with E-state index < -0.39 is 0 Å². The number of carbonyl (C=O) groups is 1. The highest BCUT2D eigenvalue weighted by Crippen LogP contribution is 1.95. The maximum atomic E-state index is 9.90. The van der Waals surface area contributed by atoms with E-state index in [4.69, 9.17) is 0 Å². The molecule has 0 N–H and O–H groups in total. The van der Waals surface area contributed by atoms with Crippen molar-refractivity contribution in [2.45, 2.75) is 0 Å². The molecule has 0 atom stereocenters. The number of rotatable bonds is 2. The Kier molecular flexibility index (Phi) is 1.96. The van der Waals surface area contributed by atoms with Crippen LogP contribution in [0.5, 0.6) is 0 Å². The van der Waals surface area contributed by atoms with E-state index >= 15 is 0 Å². The molecule has 0 amide bonds. The molecule has 0 saturated heterocycles. The zero-order chi connectivity index (χ0) is 6.53. The first-order chi connectivity index (χ1) is 4.43. The van der Waals surface area contributed by atoms with Gasteiger partial charge >= 0.3 is 0 Å². The monoisotopic (exact) mass is 120 g/mol. The van der Waals surface area contributed by atoms with Crippen LogP contribution in [0.4, 0.5) is 0 Å². The van der Waals surface area contributed by atoms with Crippen LogP contribution in [0.15, 0.2) is 24.5 Å². The zero-order valence-corrected chi connectivity index (χ0v) is 4.82. The Balaban J connectivity index is 2.72. The molecule has 0 spiro atoms. The van der Waals surface area contributed by atoms with E-state index in [2.05, 4.69) is 4.98 Å². The lowest BCUT2D eigenvalue weighted by molar-refractivity contribution is -0.104.